The van der Waals surface area contributed by atoms with Crippen LogP contribution < -0.4 is 16.0 Å². The molecule has 36 heavy (non-hydrogen) atoms. The Labute approximate surface area is 205 Å². The van der Waals surface area contributed by atoms with Gasteiger partial charge in [-0.2, -0.15) is 18.4 Å². The van der Waals surface area contributed by atoms with Gasteiger partial charge in [-0.05, 0) is 30.7 Å². The van der Waals surface area contributed by atoms with Crippen LogP contribution >= 0.6 is 0 Å². The number of anilines is 2. The van der Waals surface area contributed by atoms with Crippen molar-refractivity contribution >= 4 is 28.6 Å². The van der Waals surface area contributed by atoms with E-state index in [1.54, 1.807) is 18.2 Å². The van der Waals surface area contributed by atoms with Gasteiger partial charge in [0, 0.05) is 49.5 Å². The number of para-hydroxylation sites is 1. The normalized spacial score (nSPS) is 20.5. The zero-order chi connectivity index (χ0) is 25.3. The second-order valence-electron chi connectivity index (χ2n) is 8.65. The van der Waals surface area contributed by atoms with Crippen LogP contribution in [0.15, 0.2) is 47.3 Å². The number of hydrogen-bond donors (Lipinski definition) is 3. The van der Waals surface area contributed by atoms with Crippen molar-refractivity contribution < 1.29 is 22.8 Å². The minimum atomic E-state index is -4.63. The molecule has 0 unspecified atom stereocenters. The number of amides is 1. The van der Waals surface area contributed by atoms with Crippen LogP contribution in [-0.4, -0.2) is 55.8 Å². The number of carbonyl (C=O) groups is 1. The van der Waals surface area contributed by atoms with Crippen molar-refractivity contribution in [3.63, 3.8) is 0 Å². The number of fused-ring (bicyclic) bond motifs is 2. The minimum absolute atomic E-state index is 0.0361. The van der Waals surface area contributed by atoms with E-state index in [9.17, 15) is 23.2 Å². The molecule has 186 valence electrons. The molecule has 0 spiro atoms. The minimum Gasteiger partial charge on any atom is -0.395 e. The van der Waals surface area contributed by atoms with Crippen LogP contribution in [0.25, 0.3) is 5.57 Å². The van der Waals surface area contributed by atoms with Gasteiger partial charge in [0.15, 0.2) is 0 Å². The van der Waals surface area contributed by atoms with Crippen molar-refractivity contribution in [2.75, 3.05) is 50.0 Å². The van der Waals surface area contributed by atoms with Crippen molar-refractivity contribution in [1.29, 1.82) is 5.26 Å². The molecule has 0 aliphatic carbocycles. The quantitative estimate of drug-likeness (QED) is 0.333. The topological polar surface area (TPSA) is 102 Å². The summed E-state index contributed by atoms with van der Waals surface area (Å²) in [6, 6.07) is 10.6. The summed E-state index contributed by atoms with van der Waals surface area (Å²) in [5.41, 5.74) is 0.935. The summed E-state index contributed by atoms with van der Waals surface area (Å²) in [6.07, 6.45) is -3.89. The van der Waals surface area contributed by atoms with Gasteiger partial charge in [-0.3, -0.25) is 4.79 Å². The molecule has 0 bridgehead atoms. The van der Waals surface area contributed by atoms with E-state index in [1.807, 2.05) is 0 Å². The fourth-order valence-corrected chi connectivity index (χ4v) is 4.60. The standard InChI is InChI=1S/C25H23F3N6O2/c26-25(27,28)18-4-1-3-16-20(24(35)32-21(16)18)23-22(17-13-15(14-29)5-6-19(17)31-23)33-36-12-2-9-34-10-7-30-8-11-34/h1,3-6,13,30-31H,2,7-12H2,(H,32,35)/b23-20-,33-22+. The predicted molar refractivity (Wildman–Crippen MR) is 128 cm³/mol. The first-order valence-corrected chi connectivity index (χ1v) is 11.6. The Bertz CT molecular complexity index is 1310. The molecular formula is C25H23F3N6O2. The number of nitrogens with one attached hydrogen (secondary N) is 3. The molecule has 3 aliphatic heterocycles. The van der Waals surface area contributed by atoms with Crippen LogP contribution in [0.2, 0.25) is 0 Å². The lowest BCUT2D eigenvalue weighted by atomic mass is 9.99. The highest BCUT2D eigenvalue weighted by atomic mass is 19.4. The van der Waals surface area contributed by atoms with E-state index < -0.39 is 17.6 Å². The van der Waals surface area contributed by atoms with Crippen molar-refractivity contribution in [1.82, 2.24) is 10.2 Å². The second kappa shape index (κ2) is 9.64. The molecular weight excluding hydrogens is 473 g/mol. The van der Waals surface area contributed by atoms with Gasteiger partial charge in [0.2, 0.25) is 0 Å². The molecule has 2 aromatic rings. The Hall–Kier alpha value is -3.88. The van der Waals surface area contributed by atoms with Gasteiger partial charge in [0.1, 0.15) is 12.3 Å². The first kappa shape index (κ1) is 23.8. The van der Waals surface area contributed by atoms with Crippen molar-refractivity contribution in [3.8, 4) is 6.07 Å². The molecule has 3 aliphatic rings. The summed E-state index contributed by atoms with van der Waals surface area (Å²) in [4.78, 5) is 20.9. The number of rotatable bonds is 5. The van der Waals surface area contributed by atoms with E-state index in [2.05, 4.69) is 32.1 Å². The molecule has 0 atom stereocenters. The Balaban J connectivity index is 1.48. The van der Waals surface area contributed by atoms with Gasteiger partial charge >= 0.3 is 6.18 Å². The molecule has 2 aromatic carbocycles. The summed E-state index contributed by atoms with van der Waals surface area (Å²) in [7, 11) is 0. The van der Waals surface area contributed by atoms with Crippen LogP contribution in [0.5, 0.6) is 0 Å². The number of benzene rings is 2. The molecule has 3 heterocycles. The average molecular weight is 496 g/mol. The summed E-state index contributed by atoms with van der Waals surface area (Å²) in [5.74, 6) is -0.677. The number of nitriles is 1. The number of hydrogen-bond acceptors (Lipinski definition) is 7. The van der Waals surface area contributed by atoms with E-state index in [4.69, 9.17) is 4.84 Å². The Morgan fingerprint density at radius 3 is 2.67 bits per heavy atom. The van der Waals surface area contributed by atoms with Crippen LogP contribution in [0, 0.1) is 11.3 Å². The van der Waals surface area contributed by atoms with Gasteiger partial charge in [-0.15, -0.1) is 0 Å². The van der Waals surface area contributed by atoms with Gasteiger partial charge < -0.3 is 25.7 Å². The molecule has 1 fully saturated rings. The number of carbonyl (C=O) groups excluding carboxylic acids is 1. The zero-order valence-electron chi connectivity index (χ0n) is 19.2. The summed E-state index contributed by atoms with van der Waals surface area (Å²) in [5, 5.41) is 22.4. The van der Waals surface area contributed by atoms with Crippen molar-refractivity contribution in [3.05, 3.63) is 64.3 Å². The monoisotopic (exact) mass is 496 g/mol. The van der Waals surface area contributed by atoms with Crippen LogP contribution in [-0.2, 0) is 15.8 Å². The van der Waals surface area contributed by atoms with Crippen LogP contribution in [0.3, 0.4) is 0 Å². The highest BCUT2D eigenvalue weighted by molar-refractivity contribution is 6.39. The predicted octanol–water partition coefficient (Wildman–Crippen LogP) is 3.38. The summed E-state index contributed by atoms with van der Waals surface area (Å²) in [6.45, 7) is 5.00. The fraction of sp³-hybridized carbons (Fsp3) is 0.320. The highest BCUT2D eigenvalue weighted by Gasteiger charge is 2.41. The van der Waals surface area contributed by atoms with E-state index in [-0.39, 0.29) is 28.2 Å². The third kappa shape index (κ3) is 4.53. The molecule has 1 amide bonds. The molecule has 0 radical (unpaired) electrons. The lowest BCUT2D eigenvalue weighted by molar-refractivity contribution is -0.136. The Morgan fingerprint density at radius 2 is 1.92 bits per heavy atom. The number of oxime groups is 1. The molecule has 1 saturated heterocycles. The molecule has 3 N–H and O–H groups in total. The highest BCUT2D eigenvalue weighted by Crippen LogP contribution is 2.45. The molecule has 0 saturated carbocycles. The number of alkyl halides is 3. The average Bonchev–Trinajstić information content (AvgIpc) is 3.39. The number of piperazine rings is 1. The number of allylic oxidation sites excluding steroid dienone is 1. The second-order valence-corrected chi connectivity index (χ2v) is 8.65. The zero-order valence-corrected chi connectivity index (χ0v) is 19.2. The SMILES string of the molecule is N#Cc1ccc2c(c1)C(=N\OCCCN1CCNCC1)/C(=C1/C(=O)Nc3c1cccc3C(F)(F)F)N2. The van der Waals surface area contributed by atoms with Crippen molar-refractivity contribution in [2.45, 2.75) is 12.6 Å². The molecule has 8 nitrogen and oxygen atoms in total. The van der Waals surface area contributed by atoms with Crippen molar-refractivity contribution in [2.24, 2.45) is 5.16 Å². The lowest BCUT2D eigenvalue weighted by Gasteiger charge is -2.26. The number of nitrogens with zero attached hydrogens (tertiary/aromatic N) is 3. The number of halogens is 3. The van der Waals surface area contributed by atoms with Crippen LogP contribution in [0.4, 0.5) is 24.5 Å². The summed E-state index contributed by atoms with van der Waals surface area (Å²) < 4.78 is 40.7. The lowest BCUT2D eigenvalue weighted by Crippen LogP contribution is -2.43. The van der Waals surface area contributed by atoms with Gasteiger partial charge in [0.05, 0.1) is 34.2 Å². The first-order chi connectivity index (χ1) is 17.4. The van der Waals surface area contributed by atoms with Gasteiger partial charge in [-0.25, -0.2) is 0 Å². The van der Waals surface area contributed by atoms with Gasteiger partial charge in [-0.1, -0.05) is 17.3 Å². The molecule has 11 heteroatoms. The third-order valence-electron chi connectivity index (χ3n) is 6.33. The first-order valence-electron chi connectivity index (χ1n) is 11.6. The van der Waals surface area contributed by atoms with E-state index in [0.29, 0.717) is 23.4 Å². The Kier molecular flexibility index (Phi) is 6.38. The Morgan fingerprint density at radius 1 is 1.11 bits per heavy atom. The fourth-order valence-electron chi connectivity index (χ4n) is 4.60. The largest absolute Gasteiger partial charge is 0.418 e. The molecule has 5 rings (SSSR count). The maximum Gasteiger partial charge on any atom is 0.418 e. The van der Waals surface area contributed by atoms with E-state index in [1.165, 1.54) is 12.1 Å². The smallest absolute Gasteiger partial charge is 0.395 e. The summed E-state index contributed by atoms with van der Waals surface area (Å²) >= 11 is 0. The van der Waals surface area contributed by atoms with Gasteiger partial charge in [0.25, 0.3) is 5.91 Å². The van der Waals surface area contributed by atoms with E-state index >= 15 is 0 Å². The maximum absolute atomic E-state index is 13.6. The van der Waals surface area contributed by atoms with Crippen LogP contribution in [0.1, 0.15) is 28.7 Å². The van der Waals surface area contributed by atoms with E-state index in [0.717, 1.165) is 45.2 Å². The molecule has 0 aromatic heterocycles. The third-order valence-corrected chi connectivity index (χ3v) is 6.33. The maximum atomic E-state index is 13.6.